The number of aliphatic hydroxyl groups excluding tert-OH is 1. The Balaban J connectivity index is 1.52. The van der Waals surface area contributed by atoms with Crippen LogP contribution in [-0.4, -0.2) is 47.5 Å². The maximum Gasteiger partial charge on any atom is 0.309 e. The summed E-state index contributed by atoms with van der Waals surface area (Å²) in [5.41, 5.74) is 2.86. The number of allylic oxidation sites excluding steroid dienone is 2. The number of aliphatic hydroxyl groups is 1. The van der Waals surface area contributed by atoms with E-state index in [-0.39, 0.29) is 49.9 Å². The first-order chi connectivity index (χ1) is 21.0. The lowest BCUT2D eigenvalue weighted by atomic mass is 9.93. The number of hydrogen-bond acceptors (Lipinski definition) is 5. The number of nitrogens with one attached hydrogen (secondary N) is 1. The summed E-state index contributed by atoms with van der Waals surface area (Å²) in [5.74, 6) is -1.63. The van der Waals surface area contributed by atoms with E-state index in [1.807, 2.05) is 103 Å². The van der Waals surface area contributed by atoms with Crippen molar-refractivity contribution in [3.8, 4) is 0 Å². The number of cyclic esters (lactones) is 1. The van der Waals surface area contributed by atoms with Crippen LogP contribution in [0.4, 0.5) is 0 Å². The van der Waals surface area contributed by atoms with E-state index in [0.717, 1.165) is 29.5 Å². The van der Waals surface area contributed by atoms with Crippen molar-refractivity contribution >= 4 is 17.8 Å². The SMILES string of the molecule is O=C1N[C@@H](c2ccccc2)COC(=O)[C@@H](Cc2ccccc2)CCCC=CC[C@@H]1CC(=O)N(CCO)Cc1ccccc1. The fourth-order valence-electron chi connectivity index (χ4n) is 5.38. The third-order valence-electron chi connectivity index (χ3n) is 7.81. The van der Waals surface area contributed by atoms with E-state index in [1.165, 1.54) is 0 Å². The van der Waals surface area contributed by atoms with Crippen LogP contribution >= 0.6 is 0 Å². The van der Waals surface area contributed by atoms with E-state index in [0.29, 0.717) is 25.8 Å². The van der Waals surface area contributed by atoms with Gasteiger partial charge in [-0.1, -0.05) is 103 Å². The Morgan fingerprint density at radius 3 is 2.19 bits per heavy atom. The van der Waals surface area contributed by atoms with Crippen molar-refractivity contribution in [2.45, 2.75) is 51.1 Å². The molecule has 0 aromatic heterocycles. The Labute approximate surface area is 254 Å². The number of carbonyl (C=O) groups is 3. The summed E-state index contributed by atoms with van der Waals surface area (Å²) in [6.45, 7) is 0.380. The predicted octanol–water partition coefficient (Wildman–Crippen LogP) is 5.40. The van der Waals surface area contributed by atoms with Gasteiger partial charge in [0.25, 0.3) is 0 Å². The molecular formula is C36H42N2O5. The predicted molar refractivity (Wildman–Crippen MR) is 167 cm³/mol. The zero-order chi connectivity index (χ0) is 30.3. The molecule has 0 spiro atoms. The Kier molecular flexibility index (Phi) is 12.5. The normalized spacial score (nSPS) is 20.0. The third kappa shape index (κ3) is 10.2. The molecule has 3 aromatic carbocycles. The molecular weight excluding hydrogens is 540 g/mol. The average molecular weight is 583 g/mol. The maximum atomic E-state index is 13.7. The number of benzene rings is 3. The number of carbonyl (C=O) groups excluding carboxylic acids is 3. The zero-order valence-electron chi connectivity index (χ0n) is 24.6. The van der Waals surface area contributed by atoms with Crippen LogP contribution in [0, 0.1) is 11.8 Å². The van der Waals surface area contributed by atoms with E-state index < -0.39 is 12.0 Å². The molecule has 3 aromatic rings. The van der Waals surface area contributed by atoms with Crippen LogP contribution in [0.1, 0.15) is 54.8 Å². The number of ether oxygens (including phenoxy) is 1. The zero-order valence-corrected chi connectivity index (χ0v) is 24.6. The molecule has 0 fully saturated rings. The van der Waals surface area contributed by atoms with Gasteiger partial charge in [0.1, 0.15) is 6.61 Å². The molecule has 0 bridgehead atoms. The molecule has 7 heteroatoms. The van der Waals surface area contributed by atoms with E-state index in [2.05, 4.69) is 5.32 Å². The summed E-state index contributed by atoms with van der Waals surface area (Å²) < 4.78 is 5.87. The molecule has 0 radical (unpaired) electrons. The molecule has 7 nitrogen and oxygen atoms in total. The van der Waals surface area contributed by atoms with Gasteiger partial charge in [-0.15, -0.1) is 0 Å². The monoisotopic (exact) mass is 582 g/mol. The van der Waals surface area contributed by atoms with Gasteiger partial charge in [-0.05, 0) is 48.8 Å². The Bertz CT molecular complexity index is 1310. The van der Waals surface area contributed by atoms with Crippen LogP contribution in [-0.2, 0) is 32.1 Å². The molecule has 1 heterocycles. The molecule has 2 amide bonds. The van der Waals surface area contributed by atoms with Gasteiger partial charge in [0.05, 0.1) is 24.5 Å². The summed E-state index contributed by atoms with van der Waals surface area (Å²) in [7, 11) is 0. The van der Waals surface area contributed by atoms with Crippen molar-refractivity contribution in [2.75, 3.05) is 19.8 Å². The number of hydrogen-bond donors (Lipinski definition) is 2. The number of esters is 1. The smallest absolute Gasteiger partial charge is 0.309 e. The van der Waals surface area contributed by atoms with Gasteiger partial charge in [-0.3, -0.25) is 14.4 Å². The van der Waals surface area contributed by atoms with Gasteiger partial charge in [-0.25, -0.2) is 0 Å². The minimum absolute atomic E-state index is 0.00102. The standard InChI is InChI=1S/C36H42N2O5/c39-23-22-38(26-29-16-8-4-9-17-29)34(40)25-31-20-10-1-2-11-21-32(24-28-14-6-3-7-15-28)36(42)43-27-33(37-35(31)41)30-18-12-5-13-19-30/h1,3-10,12-19,31-33,39H,2,11,20-27H2,(H,37,41)/t31-,32-,33-/m1/s1. The molecule has 1 aliphatic rings. The first kappa shape index (κ1) is 31.7. The highest BCUT2D eigenvalue weighted by atomic mass is 16.5. The van der Waals surface area contributed by atoms with Gasteiger partial charge >= 0.3 is 5.97 Å². The van der Waals surface area contributed by atoms with E-state index in [9.17, 15) is 19.5 Å². The summed E-state index contributed by atoms with van der Waals surface area (Å²) in [5, 5.41) is 12.7. The Morgan fingerprint density at radius 1 is 0.860 bits per heavy atom. The van der Waals surface area contributed by atoms with Crippen molar-refractivity contribution in [1.29, 1.82) is 0 Å². The first-order valence-electron chi connectivity index (χ1n) is 15.2. The van der Waals surface area contributed by atoms with E-state index in [4.69, 9.17) is 4.74 Å². The Hall–Kier alpha value is -4.23. The van der Waals surface area contributed by atoms with Crippen molar-refractivity contribution in [2.24, 2.45) is 11.8 Å². The summed E-state index contributed by atoms with van der Waals surface area (Å²) in [6, 6.07) is 28.4. The summed E-state index contributed by atoms with van der Waals surface area (Å²) in [6.07, 6.45) is 7.28. The quantitative estimate of drug-likeness (QED) is 0.260. The van der Waals surface area contributed by atoms with Crippen molar-refractivity contribution in [1.82, 2.24) is 10.2 Å². The molecule has 2 N–H and O–H groups in total. The van der Waals surface area contributed by atoms with Gasteiger partial charge in [0.2, 0.25) is 11.8 Å². The van der Waals surface area contributed by atoms with Crippen LogP contribution in [0.15, 0.2) is 103 Å². The number of nitrogens with zero attached hydrogens (tertiary/aromatic N) is 1. The lowest BCUT2D eigenvalue weighted by Crippen LogP contribution is -2.40. The second-order valence-corrected chi connectivity index (χ2v) is 11.1. The summed E-state index contributed by atoms with van der Waals surface area (Å²) >= 11 is 0. The van der Waals surface area contributed by atoms with Crippen LogP contribution in [0.3, 0.4) is 0 Å². The molecule has 0 saturated carbocycles. The van der Waals surface area contributed by atoms with Gasteiger partial charge in [-0.2, -0.15) is 0 Å². The second kappa shape index (κ2) is 17.0. The minimum Gasteiger partial charge on any atom is -0.463 e. The second-order valence-electron chi connectivity index (χ2n) is 11.1. The van der Waals surface area contributed by atoms with Gasteiger partial charge in [0.15, 0.2) is 0 Å². The van der Waals surface area contributed by atoms with Crippen molar-refractivity contribution < 1.29 is 24.2 Å². The molecule has 1 aliphatic heterocycles. The molecule has 43 heavy (non-hydrogen) atoms. The van der Waals surface area contributed by atoms with E-state index >= 15 is 0 Å². The summed E-state index contributed by atoms with van der Waals surface area (Å²) in [4.78, 5) is 42.1. The fraction of sp³-hybridized carbons (Fsp3) is 0.361. The molecule has 3 atom stereocenters. The molecule has 226 valence electrons. The highest BCUT2D eigenvalue weighted by Crippen LogP contribution is 2.22. The lowest BCUT2D eigenvalue weighted by molar-refractivity contribution is -0.150. The third-order valence-corrected chi connectivity index (χ3v) is 7.81. The van der Waals surface area contributed by atoms with Crippen LogP contribution in [0.5, 0.6) is 0 Å². The molecule has 4 rings (SSSR count). The maximum absolute atomic E-state index is 13.7. The highest BCUT2D eigenvalue weighted by molar-refractivity contribution is 5.86. The molecule has 0 unspecified atom stereocenters. The van der Waals surface area contributed by atoms with E-state index in [1.54, 1.807) is 4.90 Å². The van der Waals surface area contributed by atoms with Crippen LogP contribution in [0.25, 0.3) is 0 Å². The van der Waals surface area contributed by atoms with Gasteiger partial charge < -0.3 is 20.1 Å². The number of rotatable bonds is 9. The minimum atomic E-state index is -0.614. The van der Waals surface area contributed by atoms with Gasteiger partial charge in [0, 0.05) is 19.5 Å². The fourth-order valence-corrected chi connectivity index (χ4v) is 5.38. The van der Waals surface area contributed by atoms with Crippen molar-refractivity contribution in [3.05, 3.63) is 120 Å². The topological polar surface area (TPSA) is 95.9 Å². The first-order valence-corrected chi connectivity index (χ1v) is 15.2. The largest absolute Gasteiger partial charge is 0.463 e. The van der Waals surface area contributed by atoms with Crippen molar-refractivity contribution in [3.63, 3.8) is 0 Å². The molecule has 0 aliphatic carbocycles. The Morgan fingerprint density at radius 2 is 1.51 bits per heavy atom. The average Bonchev–Trinajstić information content (AvgIpc) is 3.04. The molecule has 0 saturated heterocycles. The van der Waals surface area contributed by atoms with Crippen LogP contribution < -0.4 is 5.32 Å². The number of amides is 2. The van der Waals surface area contributed by atoms with Crippen LogP contribution in [0.2, 0.25) is 0 Å². The highest BCUT2D eigenvalue weighted by Gasteiger charge is 2.28. The lowest BCUT2D eigenvalue weighted by Gasteiger charge is -2.26.